The first-order valence-electron chi connectivity index (χ1n) is 13.4. The van der Waals surface area contributed by atoms with Gasteiger partial charge in [-0.15, -0.1) is 0 Å². The number of ether oxygens (including phenoxy) is 2. The van der Waals surface area contributed by atoms with E-state index in [1.807, 2.05) is 42.5 Å². The number of amides is 4. The first kappa shape index (κ1) is 33.8. The van der Waals surface area contributed by atoms with E-state index in [2.05, 4.69) is 0 Å². The summed E-state index contributed by atoms with van der Waals surface area (Å²) in [6, 6.07) is 15.1. The van der Waals surface area contributed by atoms with Crippen LogP contribution < -0.4 is 11.5 Å². The Morgan fingerprint density at radius 3 is 1.98 bits per heavy atom. The van der Waals surface area contributed by atoms with Crippen molar-refractivity contribution in [1.29, 1.82) is 0 Å². The van der Waals surface area contributed by atoms with Crippen LogP contribution >= 0.6 is 0 Å². The fraction of sp³-hybridized carbons (Fsp3) is 0.433. The Hall–Kier alpha value is -4.45. The number of carbonyl (C=O) groups excluding carboxylic acids is 4. The molecule has 1 saturated heterocycles. The Morgan fingerprint density at radius 1 is 0.905 bits per heavy atom. The van der Waals surface area contributed by atoms with Crippen molar-refractivity contribution in [3.8, 4) is 11.1 Å². The Balaban J connectivity index is 0.000000343. The molecule has 1 aliphatic rings. The number of rotatable bonds is 5. The van der Waals surface area contributed by atoms with Gasteiger partial charge in [-0.2, -0.15) is 0 Å². The van der Waals surface area contributed by atoms with Crippen LogP contribution in [0.4, 0.5) is 9.59 Å². The quantitative estimate of drug-likeness (QED) is 0.472. The van der Waals surface area contributed by atoms with Gasteiger partial charge in [0.2, 0.25) is 11.8 Å². The molecule has 1 heterocycles. The van der Waals surface area contributed by atoms with E-state index in [1.165, 1.54) is 0 Å². The maximum atomic E-state index is 12.5. The highest BCUT2D eigenvalue weighted by atomic mass is 16.6. The van der Waals surface area contributed by atoms with Gasteiger partial charge in [0, 0.05) is 18.5 Å². The zero-order valence-corrected chi connectivity index (χ0v) is 24.8. The number of nitrogens with two attached hydrogens (primary N) is 2. The second kappa shape index (κ2) is 13.9. The lowest BCUT2D eigenvalue weighted by molar-refractivity contribution is -0.142. The predicted octanol–water partition coefficient (Wildman–Crippen LogP) is 3.62. The van der Waals surface area contributed by atoms with Crippen molar-refractivity contribution in [3.05, 3.63) is 60.2 Å². The van der Waals surface area contributed by atoms with Crippen LogP contribution in [-0.2, 0) is 19.1 Å². The van der Waals surface area contributed by atoms with Gasteiger partial charge in [-0.1, -0.05) is 42.5 Å². The molecule has 12 heteroatoms. The fourth-order valence-electron chi connectivity index (χ4n) is 4.10. The van der Waals surface area contributed by atoms with Crippen LogP contribution in [-0.4, -0.2) is 81.3 Å². The monoisotopic (exact) mass is 584 g/mol. The Kier molecular flexibility index (Phi) is 11.2. The van der Waals surface area contributed by atoms with Crippen LogP contribution in [0, 0.1) is 0 Å². The smallest absolute Gasteiger partial charge is 0.417 e. The van der Waals surface area contributed by atoms with Crippen LogP contribution in [0.3, 0.4) is 0 Å². The number of carbonyl (C=O) groups is 5. The summed E-state index contributed by atoms with van der Waals surface area (Å²) in [4.78, 5) is 61.5. The van der Waals surface area contributed by atoms with E-state index < -0.39 is 59.8 Å². The third kappa shape index (κ3) is 9.88. The molecule has 1 fully saturated rings. The molecule has 0 saturated carbocycles. The number of primary amides is 1. The molecule has 12 nitrogen and oxygen atoms in total. The van der Waals surface area contributed by atoms with E-state index in [4.69, 9.17) is 20.9 Å². The van der Waals surface area contributed by atoms with Gasteiger partial charge in [0.1, 0.15) is 17.2 Å². The molecule has 2 atom stereocenters. The molecule has 2 aromatic carbocycles. The summed E-state index contributed by atoms with van der Waals surface area (Å²) >= 11 is 0. The lowest BCUT2D eigenvalue weighted by Gasteiger charge is -2.30. The van der Waals surface area contributed by atoms with Crippen molar-refractivity contribution in [1.82, 2.24) is 9.80 Å². The van der Waals surface area contributed by atoms with Gasteiger partial charge >= 0.3 is 18.2 Å². The van der Waals surface area contributed by atoms with Crippen LogP contribution in [0.5, 0.6) is 0 Å². The molecule has 4 amide bonds. The number of hydrogen-bond donors (Lipinski definition) is 3. The van der Waals surface area contributed by atoms with Crippen molar-refractivity contribution in [3.63, 3.8) is 0 Å². The number of aliphatic carboxylic acids is 1. The molecule has 1 aliphatic heterocycles. The van der Waals surface area contributed by atoms with Crippen molar-refractivity contribution in [2.75, 3.05) is 13.1 Å². The van der Waals surface area contributed by atoms with E-state index in [9.17, 15) is 29.1 Å². The van der Waals surface area contributed by atoms with Gasteiger partial charge in [0.15, 0.2) is 0 Å². The summed E-state index contributed by atoms with van der Waals surface area (Å²) < 4.78 is 10.5. The standard InChI is InChI=1S/C17H29N3O7.C13H11NO/c1-16(2,3)26-14(24)19-9-10(7-11(19)13(22)23)20(12(21)8-18)15(25)27-17(4,5)6;14-13(15)12-8-4-7-11(9-12)10-5-2-1-3-6-10/h10-11H,7-9,18H2,1-6H3,(H,22,23);1-9H,(H2,14,15)/t10-,11+;/m1./s1. The molecule has 0 bridgehead atoms. The Morgan fingerprint density at radius 2 is 1.48 bits per heavy atom. The van der Waals surface area contributed by atoms with Gasteiger partial charge in [-0.05, 0) is 64.8 Å². The van der Waals surface area contributed by atoms with Gasteiger partial charge in [-0.3, -0.25) is 14.5 Å². The van der Waals surface area contributed by atoms with E-state index in [-0.39, 0.29) is 13.0 Å². The highest BCUT2D eigenvalue weighted by Gasteiger charge is 2.47. The third-order valence-electron chi connectivity index (χ3n) is 5.84. The molecule has 42 heavy (non-hydrogen) atoms. The summed E-state index contributed by atoms with van der Waals surface area (Å²) in [5, 5.41) is 9.46. The van der Waals surface area contributed by atoms with Crippen molar-refractivity contribution < 1.29 is 38.6 Å². The normalized spacial score (nSPS) is 16.5. The molecule has 0 spiro atoms. The molecule has 228 valence electrons. The number of nitrogens with zero attached hydrogens (tertiary/aromatic N) is 2. The van der Waals surface area contributed by atoms with E-state index in [1.54, 1.807) is 53.7 Å². The number of likely N-dealkylation sites (tertiary alicyclic amines) is 1. The minimum absolute atomic E-state index is 0.139. The first-order valence-corrected chi connectivity index (χ1v) is 13.4. The third-order valence-corrected chi connectivity index (χ3v) is 5.84. The summed E-state index contributed by atoms with van der Waals surface area (Å²) in [5.41, 5.74) is 11.6. The number of carboxylic acid groups (broad SMARTS) is 1. The molecule has 0 radical (unpaired) electrons. The van der Waals surface area contributed by atoms with Gasteiger partial charge in [0.05, 0.1) is 12.6 Å². The first-order chi connectivity index (χ1) is 19.4. The van der Waals surface area contributed by atoms with Gasteiger partial charge in [-0.25, -0.2) is 19.3 Å². The molecule has 0 aromatic heterocycles. The summed E-state index contributed by atoms with van der Waals surface area (Å²) in [6.45, 7) is 9.22. The molecule has 0 unspecified atom stereocenters. The Labute approximate surface area is 245 Å². The summed E-state index contributed by atoms with van der Waals surface area (Å²) in [5.74, 6) is -2.37. The summed E-state index contributed by atoms with van der Waals surface area (Å²) in [7, 11) is 0. The van der Waals surface area contributed by atoms with Crippen LogP contribution in [0.15, 0.2) is 54.6 Å². The number of carboxylic acids is 1. The molecule has 5 N–H and O–H groups in total. The minimum Gasteiger partial charge on any atom is -0.480 e. The lowest BCUT2D eigenvalue weighted by Crippen LogP contribution is -2.50. The van der Waals surface area contributed by atoms with E-state index >= 15 is 0 Å². The largest absolute Gasteiger partial charge is 0.480 e. The SMILES string of the molecule is CC(C)(C)OC(=O)N1C[C@H](N(C(=O)CN)C(=O)OC(C)(C)C)C[C@H]1C(=O)O.NC(=O)c1cccc(-c2ccccc2)c1. The number of hydrogen-bond acceptors (Lipinski definition) is 8. The van der Waals surface area contributed by atoms with Crippen molar-refractivity contribution in [2.45, 2.75) is 71.2 Å². The van der Waals surface area contributed by atoms with Crippen molar-refractivity contribution >= 4 is 30.0 Å². The van der Waals surface area contributed by atoms with E-state index in [0.717, 1.165) is 20.9 Å². The van der Waals surface area contributed by atoms with Crippen molar-refractivity contribution in [2.24, 2.45) is 11.5 Å². The second-order valence-corrected chi connectivity index (χ2v) is 11.6. The van der Waals surface area contributed by atoms with Crippen LogP contribution in [0.1, 0.15) is 58.3 Å². The van der Waals surface area contributed by atoms with Gasteiger partial charge < -0.3 is 26.0 Å². The topological polar surface area (TPSA) is 183 Å². The maximum Gasteiger partial charge on any atom is 0.417 e. The lowest BCUT2D eigenvalue weighted by atomic mass is 10.0. The zero-order valence-electron chi connectivity index (χ0n) is 24.8. The highest BCUT2D eigenvalue weighted by molar-refractivity contribution is 5.94. The molecular formula is C30H40N4O8. The highest BCUT2D eigenvalue weighted by Crippen LogP contribution is 2.26. The average Bonchev–Trinajstić information content (AvgIpc) is 3.33. The molecular weight excluding hydrogens is 544 g/mol. The Bertz CT molecular complexity index is 1280. The molecule has 2 aromatic rings. The minimum atomic E-state index is -1.26. The number of benzene rings is 2. The second-order valence-electron chi connectivity index (χ2n) is 11.6. The predicted molar refractivity (Wildman–Crippen MR) is 155 cm³/mol. The average molecular weight is 585 g/mol. The van der Waals surface area contributed by atoms with E-state index in [0.29, 0.717) is 5.56 Å². The summed E-state index contributed by atoms with van der Waals surface area (Å²) in [6.07, 6.45) is -1.90. The zero-order chi connectivity index (χ0) is 31.8. The fourth-order valence-corrected chi connectivity index (χ4v) is 4.10. The van der Waals surface area contributed by atoms with Gasteiger partial charge in [0.25, 0.3) is 0 Å². The maximum absolute atomic E-state index is 12.5. The van der Waals surface area contributed by atoms with Crippen LogP contribution in [0.25, 0.3) is 11.1 Å². The number of imide groups is 1. The molecule has 3 rings (SSSR count). The van der Waals surface area contributed by atoms with Crippen LogP contribution in [0.2, 0.25) is 0 Å². The molecule has 0 aliphatic carbocycles.